The Bertz CT molecular complexity index is 664. The Labute approximate surface area is 163 Å². The molecule has 0 unspecified atom stereocenters. The predicted octanol–water partition coefficient (Wildman–Crippen LogP) is 5.79. The largest absolute Gasteiger partial charge is 0.493 e. The fraction of sp³-hybridized carbons (Fsp3) is 0.625. The van der Waals surface area contributed by atoms with Gasteiger partial charge in [0.05, 0.1) is 18.9 Å². The highest BCUT2D eigenvalue weighted by molar-refractivity contribution is 5.69. The van der Waals surface area contributed by atoms with Crippen molar-refractivity contribution in [1.29, 1.82) is 0 Å². The van der Waals surface area contributed by atoms with Gasteiger partial charge in [-0.05, 0) is 74.5 Å². The molecule has 1 aromatic carbocycles. The summed E-state index contributed by atoms with van der Waals surface area (Å²) in [5.74, 6) is 6.28. The highest BCUT2D eigenvalue weighted by Gasteiger charge is 2.36. The summed E-state index contributed by atoms with van der Waals surface area (Å²) < 4.78 is 6.04. The minimum Gasteiger partial charge on any atom is -0.493 e. The summed E-state index contributed by atoms with van der Waals surface area (Å²) in [6.07, 6.45) is 12.6. The first-order valence-electron chi connectivity index (χ1n) is 10.5. The Hall–Kier alpha value is -1.95. The fourth-order valence-corrected chi connectivity index (χ4v) is 4.87. The van der Waals surface area contributed by atoms with Crippen molar-refractivity contribution >= 4 is 5.97 Å². The van der Waals surface area contributed by atoms with Gasteiger partial charge < -0.3 is 9.84 Å². The normalized spacial score (nSPS) is 20.5. The second-order valence-electron chi connectivity index (χ2n) is 8.43. The molecule has 2 fully saturated rings. The smallest absolute Gasteiger partial charge is 0.304 e. The summed E-state index contributed by atoms with van der Waals surface area (Å²) in [7, 11) is 0. The van der Waals surface area contributed by atoms with Gasteiger partial charge in [-0.25, -0.2) is 0 Å². The Balaban J connectivity index is 1.48. The Morgan fingerprint density at radius 3 is 2.41 bits per heavy atom. The highest BCUT2D eigenvalue weighted by atomic mass is 16.5. The SMILES string of the molecule is CC#C[C@H](CC(=O)O)c1ccc(OCC2CCC3(CCCCC3)CC2)cc1. The Kier molecular flexibility index (Phi) is 6.83. The van der Waals surface area contributed by atoms with Gasteiger partial charge in [0.25, 0.3) is 0 Å². The molecule has 3 rings (SSSR count). The molecule has 0 amide bonds. The number of hydrogen-bond donors (Lipinski definition) is 1. The third-order valence-corrected chi connectivity index (χ3v) is 6.55. The molecule has 0 heterocycles. The van der Waals surface area contributed by atoms with E-state index in [0.29, 0.717) is 11.3 Å². The molecule has 1 spiro atoms. The van der Waals surface area contributed by atoms with E-state index in [0.717, 1.165) is 17.9 Å². The standard InChI is InChI=1S/C24H32O3/c1-2-6-21(17-23(25)26)20-7-9-22(10-8-20)27-18-19-11-15-24(16-12-19)13-4-3-5-14-24/h7-10,19,21H,3-5,11-18H2,1H3,(H,25,26)/t21-/m1/s1. The van der Waals surface area contributed by atoms with Crippen molar-refractivity contribution in [3.05, 3.63) is 29.8 Å². The van der Waals surface area contributed by atoms with Crippen LogP contribution in [-0.4, -0.2) is 17.7 Å². The van der Waals surface area contributed by atoms with Crippen LogP contribution in [0.4, 0.5) is 0 Å². The molecule has 0 aliphatic heterocycles. The topological polar surface area (TPSA) is 46.5 Å². The van der Waals surface area contributed by atoms with Gasteiger partial charge in [0, 0.05) is 0 Å². The van der Waals surface area contributed by atoms with E-state index in [4.69, 9.17) is 9.84 Å². The van der Waals surface area contributed by atoms with Crippen molar-refractivity contribution in [3.63, 3.8) is 0 Å². The number of carboxylic acid groups (broad SMARTS) is 1. The average molecular weight is 369 g/mol. The Morgan fingerprint density at radius 1 is 1.15 bits per heavy atom. The van der Waals surface area contributed by atoms with E-state index < -0.39 is 5.97 Å². The molecule has 3 nitrogen and oxygen atoms in total. The number of carbonyl (C=O) groups is 1. The van der Waals surface area contributed by atoms with Crippen LogP contribution >= 0.6 is 0 Å². The monoisotopic (exact) mass is 368 g/mol. The van der Waals surface area contributed by atoms with Crippen LogP contribution in [0.2, 0.25) is 0 Å². The maximum atomic E-state index is 11.0. The average Bonchev–Trinajstić information content (AvgIpc) is 2.68. The predicted molar refractivity (Wildman–Crippen MR) is 108 cm³/mol. The lowest BCUT2D eigenvalue weighted by atomic mass is 9.63. The molecule has 146 valence electrons. The van der Waals surface area contributed by atoms with E-state index in [1.165, 1.54) is 57.8 Å². The molecular weight excluding hydrogens is 336 g/mol. The van der Waals surface area contributed by atoms with Crippen LogP contribution in [-0.2, 0) is 4.79 Å². The third kappa shape index (κ3) is 5.51. The molecule has 3 heteroatoms. The van der Waals surface area contributed by atoms with Crippen LogP contribution in [0, 0.1) is 23.2 Å². The molecule has 0 bridgehead atoms. The first kappa shape index (κ1) is 19.8. The van der Waals surface area contributed by atoms with E-state index >= 15 is 0 Å². The quantitative estimate of drug-likeness (QED) is 0.647. The van der Waals surface area contributed by atoms with E-state index in [1.54, 1.807) is 6.92 Å². The number of carboxylic acids is 1. The van der Waals surface area contributed by atoms with Gasteiger partial charge in [-0.15, -0.1) is 5.92 Å². The lowest BCUT2D eigenvalue weighted by Gasteiger charge is -2.43. The Morgan fingerprint density at radius 2 is 1.81 bits per heavy atom. The number of ether oxygens (including phenoxy) is 1. The second kappa shape index (κ2) is 9.31. The van der Waals surface area contributed by atoms with Crippen LogP contribution in [0.15, 0.2) is 24.3 Å². The van der Waals surface area contributed by atoms with Crippen LogP contribution in [0.1, 0.15) is 82.6 Å². The molecule has 1 atom stereocenters. The maximum Gasteiger partial charge on any atom is 0.304 e. The summed E-state index contributed by atoms with van der Waals surface area (Å²) in [6.45, 7) is 2.54. The van der Waals surface area contributed by atoms with Gasteiger partial charge in [-0.1, -0.05) is 37.3 Å². The van der Waals surface area contributed by atoms with E-state index in [2.05, 4.69) is 11.8 Å². The van der Waals surface area contributed by atoms with Crippen LogP contribution < -0.4 is 4.74 Å². The molecule has 1 N–H and O–H groups in total. The molecule has 0 aromatic heterocycles. The molecular formula is C24H32O3. The van der Waals surface area contributed by atoms with Crippen molar-refractivity contribution in [2.24, 2.45) is 11.3 Å². The third-order valence-electron chi connectivity index (χ3n) is 6.55. The summed E-state index contributed by atoms with van der Waals surface area (Å²) in [5.41, 5.74) is 1.60. The number of benzene rings is 1. The molecule has 2 aliphatic carbocycles. The highest BCUT2D eigenvalue weighted by Crippen LogP contribution is 2.48. The molecule has 0 radical (unpaired) electrons. The van der Waals surface area contributed by atoms with Gasteiger partial charge in [0.1, 0.15) is 5.75 Å². The van der Waals surface area contributed by atoms with Gasteiger partial charge in [0.2, 0.25) is 0 Å². The minimum atomic E-state index is -0.823. The van der Waals surface area contributed by atoms with Crippen molar-refractivity contribution in [3.8, 4) is 17.6 Å². The van der Waals surface area contributed by atoms with Gasteiger partial charge in [-0.3, -0.25) is 4.79 Å². The zero-order valence-corrected chi connectivity index (χ0v) is 16.5. The second-order valence-corrected chi connectivity index (χ2v) is 8.43. The molecule has 1 aromatic rings. The first-order chi connectivity index (χ1) is 13.1. The summed E-state index contributed by atoms with van der Waals surface area (Å²) in [6, 6.07) is 7.80. The number of hydrogen-bond acceptors (Lipinski definition) is 2. The van der Waals surface area contributed by atoms with Gasteiger partial charge in [-0.2, -0.15) is 0 Å². The van der Waals surface area contributed by atoms with Crippen molar-refractivity contribution in [1.82, 2.24) is 0 Å². The van der Waals surface area contributed by atoms with E-state index in [-0.39, 0.29) is 12.3 Å². The van der Waals surface area contributed by atoms with Crippen LogP contribution in [0.5, 0.6) is 5.75 Å². The number of aliphatic carboxylic acids is 1. The maximum absolute atomic E-state index is 11.0. The summed E-state index contributed by atoms with van der Waals surface area (Å²) in [4.78, 5) is 11.0. The van der Waals surface area contributed by atoms with E-state index in [1.807, 2.05) is 24.3 Å². The van der Waals surface area contributed by atoms with E-state index in [9.17, 15) is 4.79 Å². The van der Waals surface area contributed by atoms with Crippen LogP contribution in [0.3, 0.4) is 0 Å². The molecule has 0 saturated heterocycles. The van der Waals surface area contributed by atoms with Crippen molar-refractivity contribution in [2.75, 3.05) is 6.61 Å². The van der Waals surface area contributed by atoms with Crippen molar-refractivity contribution < 1.29 is 14.6 Å². The molecule has 2 aliphatic rings. The summed E-state index contributed by atoms with van der Waals surface area (Å²) in [5, 5.41) is 9.05. The van der Waals surface area contributed by atoms with Crippen molar-refractivity contribution in [2.45, 2.75) is 77.0 Å². The lowest BCUT2D eigenvalue weighted by molar-refractivity contribution is -0.137. The fourth-order valence-electron chi connectivity index (χ4n) is 4.87. The van der Waals surface area contributed by atoms with Gasteiger partial charge in [0.15, 0.2) is 0 Å². The van der Waals surface area contributed by atoms with Crippen LogP contribution in [0.25, 0.3) is 0 Å². The molecule has 2 saturated carbocycles. The zero-order valence-electron chi connectivity index (χ0n) is 16.5. The lowest BCUT2D eigenvalue weighted by Crippen LogP contribution is -2.31. The molecule has 27 heavy (non-hydrogen) atoms. The zero-order chi connectivity index (χ0) is 19.1. The first-order valence-corrected chi connectivity index (χ1v) is 10.5. The summed E-state index contributed by atoms with van der Waals surface area (Å²) >= 11 is 0. The minimum absolute atomic E-state index is 0.0326. The van der Waals surface area contributed by atoms with Gasteiger partial charge >= 0.3 is 5.97 Å². The number of rotatable bonds is 6.